The first-order valence-corrected chi connectivity index (χ1v) is 8.40. The van der Waals surface area contributed by atoms with Crippen LogP contribution in [-0.4, -0.2) is 35.6 Å². The minimum absolute atomic E-state index is 0.318. The second-order valence-electron chi connectivity index (χ2n) is 5.89. The van der Waals surface area contributed by atoms with Gasteiger partial charge < -0.3 is 9.64 Å². The summed E-state index contributed by atoms with van der Waals surface area (Å²) in [6.07, 6.45) is 7.93. The Morgan fingerprint density at radius 3 is 2.64 bits per heavy atom. The van der Waals surface area contributed by atoms with Gasteiger partial charge in [0.25, 0.3) is 6.47 Å². The van der Waals surface area contributed by atoms with E-state index in [1.807, 2.05) is 32.7 Å². The Morgan fingerprint density at radius 2 is 2.16 bits per heavy atom. The lowest BCUT2D eigenvalue weighted by atomic mass is 10.2. The van der Waals surface area contributed by atoms with Crippen LogP contribution in [0.4, 0.5) is 9.39 Å². The highest BCUT2D eigenvalue weighted by Crippen LogP contribution is 2.36. The third-order valence-corrected chi connectivity index (χ3v) is 4.19. The van der Waals surface area contributed by atoms with Crippen LogP contribution >= 0.6 is 22.9 Å². The molecule has 0 saturated carbocycles. The number of hydrogen-bond acceptors (Lipinski definition) is 6. The molecule has 25 heavy (non-hydrogen) atoms. The van der Waals surface area contributed by atoms with Gasteiger partial charge in [0.1, 0.15) is 21.4 Å². The van der Waals surface area contributed by atoms with Crippen molar-refractivity contribution >= 4 is 34.4 Å². The zero-order valence-corrected chi connectivity index (χ0v) is 16.0. The number of nitrogens with zero attached hydrogens (tertiary/aromatic N) is 3. The minimum Gasteiger partial charge on any atom is -0.462 e. The highest BCUT2D eigenvalue weighted by Gasteiger charge is 2.14. The molecule has 0 spiro atoms. The number of aromatic nitrogens is 2. The van der Waals surface area contributed by atoms with E-state index in [1.54, 1.807) is 6.20 Å². The fraction of sp³-hybridized carbons (Fsp3) is 0.353. The van der Waals surface area contributed by atoms with E-state index in [0.717, 1.165) is 11.2 Å². The topological polar surface area (TPSA) is 55.3 Å². The van der Waals surface area contributed by atoms with Crippen LogP contribution in [0.25, 0.3) is 10.6 Å². The second-order valence-corrected chi connectivity index (χ2v) is 7.23. The van der Waals surface area contributed by atoms with Crippen molar-refractivity contribution in [3.8, 4) is 22.9 Å². The van der Waals surface area contributed by atoms with Crippen molar-refractivity contribution < 1.29 is 13.9 Å². The summed E-state index contributed by atoms with van der Waals surface area (Å²) in [6.45, 7) is 6.35. The minimum atomic E-state index is -0.405. The van der Waals surface area contributed by atoms with Gasteiger partial charge in [-0.05, 0) is 26.8 Å². The molecular weight excluding hydrogens is 365 g/mol. The Hall–Kier alpha value is -2.17. The average molecular weight is 384 g/mol. The molecule has 0 aliphatic heterocycles. The van der Waals surface area contributed by atoms with Crippen LogP contribution in [0, 0.1) is 18.2 Å². The molecule has 0 amide bonds. The molecule has 8 heteroatoms. The quantitative estimate of drug-likeness (QED) is 0.589. The number of pyridine rings is 1. The predicted molar refractivity (Wildman–Crippen MR) is 99.3 cm³/mol. The first-order chi connectivity index (χ1) is 11.7. The maximum atomic E-state index is 13.1. The smallest absolute Gasteiger partial charge is 0.293 e. The standard InChI is InChI=1S/C12H9ClFN3S.C5H10O2/c1-3-4-17(2)12-10(13)16-11(18-12)8-5-9(14)7-15-6-8;1-5(2,3)7-4-6/h1,5-7H,4H2,2H3;4H,1-3H3. The van der Waals surface area contributed by atoms with E-state index in [0.29, 0.717) is 28.7 Å². The lowest BCUT2D eigenvalue weighted by molar-refractivity contribution is -0.138. The Kier molecular flexibility index (Phi) is 7.81. The van der Waals surface area contributed by atoms with E-state index in [4.69, 9.17) is 18.0 Å². The second kappa shape index (κ2) is 9.35. The number of anilines is 1. The molecule has 0 fully saturated rings. The summed E-state index contributed by atoms with van der Waals surface area (Å²) < 4.78 is 17.6. The molecule has 2 aromatic rings. The van der Waals surface area contributed by atoms with Gasteiger partial charge in [-0.15, -0.1) is 6.42 Å². The van der Waals surface area contributed by atoms with Crippen molar-refractivity contribution in [3.63, 3.8) is 0 Å². The van der Waals surface area contributed by atoms with Crippen molar-refractivity contribution in [2.75, 3.05) is 18.5 Å². The molecule has 0 unspecified atom stereocenters. The van der Waals surface area contributed by atoms with Gasteiger partial charge in [0.15, 0.2) is 5.15 Å². The molecular formula is C17H19ClFN3O2S. The van der Waals surface area contributed by atoms with Crippen LogP contribution in [0.2, 0.25) is 5.15 Å². The number of hydrogen-bond donors (Lipinski definition) is 0. The third kappa shape index (κ3) is 7.08. The molecule has 0 aliphatic carbocycles. The Balaban J connectivity index is 0.000000381. The van der Waals surface area contributed by atoms with Gasteiger partial charge in [0.05, 0.1) is 12.7 Å². The van der Waals surface area contributed by atoms with Gasteiger partial charge in [0, 0.05) is 18.8 Å². The molecule has 134 valence electrons. The summed E-state index contributed by atoms with van der Waals surface area (Å²) in [5.74, 6) is 2.12. The number of ether oxygens (including phenoxy) is 1. The maximum absolute atomic E-state index is 13.1. The van der Waals surface area contributed by atoms with E-state index in [2.05, 4.69) is 20.6 Å². The van der Waals surface area contributed by atoms with E-state index in [-0.39, 0.29) is 5.60 Å². The summed E-state index contributed by atoms with van der Waals surface area (Å²) in [5.41, 5.74) is 0.282. The van der Waals surface area contributed by atoms with Crippen LogP contribution in [0.5, 0.6) is 0 Å². The van der Waals surface area contributed by atoms with Crippen LogP contribution in [0.1, 0.15) is 20.8 Å². The molecule has 0 radical (unpaired) electrons. The summed E-state index contributed by atoms with van der Waals surface area (Å²) in [5, 5.41) is 1.73. The lowest BCUT2D eigenvalue weighted by Crippen LogP contribution is -2.17. The van der Waals surface area contributed by atoms with Gasteiger partial charge >= 0.3 is 0 Å². The summed E-state index contributed by atoms with van der Waals surface area (Å²) in [4.78, 5) is 19.4. The number of carbonyl (C=O) groups excluding carboxylic acids is 1. The Labute approximate surface area is 155 Å². The third-order valence-electron chi connectivity index (χ3n) is 2.60. The molecule has 0 bridgehead atoms. The highest BCUT2D eigenvalue weighted by atomic mass is 35.5. The van der Waals surface area contributed by atoms with Crippen molar-refractivity contribution in [2.24, 2.45) is 0 Å². The van der Waals surface area contributed by atoms with Gasteiger partial charge in [-0.2, -0.15) is 0 Å². The van der Waals surface area contributed by atoms with E-state index < -0.39 is 5.82 Å². The molecule has 0 aromatic carbocycles. The van der Waals surface area contributed by atoms with Gasteiger partial charge in [-0.3, -0.25) is 9.78 Å². The lowest BCUT2D eigenvalue weighted by Gasteiger charge is -2.14. The van der Waals surface area contributed by atoms with Crippen LogP contribution in [-0.2, 0) is 9.53 Å². The molecule has 2 aromatic heterocycles. The molecule has 0 saturated heterocycles. The molecule has 2 rings (SSSR count). The van der Waals surface area contributed by atoms with E-state index in [1.165, 1.54) is 17.4 Å². The van der Waals surface area contributed by atoms with E-state index in [9.17, 15) is 9.18 Å². The zero-order valence-electron chi connectivity index (χ0n) is 14.4. The van der Waals surface area contributed by atoms with Crippen LogP contribution < -0.4 is 4.90 Å². The Bertz CT molecular complexity index is 753. The number of halogens is 2. The number of thiazole rings is 1. The predicted octanol–water partition coefficient (Wildman–Crippen LogP) is 4.02. The molecule has 0 atom stereocenters. The normalized spacial score (nSPS) is 10.3. The van der Waals surface area contributed by atoms with Gasteiger partial charge in [-0.1, -0.05) is 28.9 Å². The fourth-order valence-corrected chi connectivity index (χ4v) is 2.83. The van der Waals surface area contributed by atoms with Crippen molar-refractivity contribution in [3.05, 3.63) is 29.4 Å². The fourth-order valence-electron chi connectivity index (χ4n) is 1.53. The Morgan fingerprint density at radius 1 is 1.48 bits per heavy atom. The summed E-state index contributed by atoms with van der Waals surface area (Å²) >= 11 is 7.39. The molecule has 0 aliphatic rings. The first kappa shape index (κ1) is 20.9. The zero-order chi connectivity index (χ0) is 19.0. The van der Waals surface area contributed by atoms with Gasteiger partial charge in [-0.25, -0.2) is 9.37 Å². The number of terminal acetylenes is 1. The highest BCUT2D eigenvalue weighted by molar-refractivity contribution is 7.19. The molecule has 5 nitrogen and oxygen atoms in total. The summed E-state index contributed by atoms with van der Waals surface area (Å²) in [6, 6.07) is 1.37. The SMILES string of the molecule is C#CCN(C)c1sc(-c2cncc(F)c2)nc1Cl.CC(C)(C)OC=O. The largest absolute Gasteiger partial charge is 0.462 e. The average Bonchev–Trinajstić information content (AvgIpc) is 2.89. The van der Waals surface area contributed by atoms with Crippen molar-refractivity contribution in [1.82, 2.24) is 9.97 Å². The molecule has 2 heterocycles. The van der Waals surface area contributed by atoms with Crippen molar-refractivity contribution in [1.29, 1.82) is 0 Å². The van der Waals surface area contributed by atoms with Gasteiger partial charge in [0.2, 0.25) is 0 Å². The maximum Gasteiger partial charge on any atom is 0.293 e. The van der Waals surface area contributed by atoms with E-state index >= 15 is 0 Å². The van der Waals surface area contributed by atoms with Crippen LogP contribution in [0.3, 0.4) is 0 Å². The first-order valence-electron chi connectivity index (χ1n) is 7.21. The van der Waals surface area contributed by atoms with Crippen molar-refractivity contribution in [2.45, 2.75) is 26.4 Å². The molecule has 0 N–H and O–H groups in total. The number of rotatable bonds is 4. The monoisotopic (exact) mass is 383 g/mol. The number of carbonyl (C=O) groups is 1. The van der Waals surface area contributed by atoms with Crippen LogP contribution in [0.15, 0.2) is 18.5 Å². The summed E-state index contributed by atoms with van der Waals surface area (Å²) in [7, 11) is 1.83.